The van der Waals surface area contributed by atoms with Gasteiger partial charge in [0.05, 0.1) is 0 Å². The standard InChI is InChI=1S/C13H21NS/c1-10(2)9-15-13-6-5-11(3)7-12(13)8-14-4/h5-7,10,14H,8-9H2,1-4H3. The molecule has 0 atom stereocenters. The summed E-state index contributed by atoms with van der Waals surface area (Å²) in [7, 11) is 2.00. The van der Waals surface area contributed by atoms with Crippen molar-refractivity contribution in [1.82, 2.24) is 5.32 Å². The maximum absolute atomic E-state index is 3.23. The van der Waals surface area contributed by atoms with E-state index in [-0.39, 0.29) is 0 Å². The second-order valence-corrected chi connectivity index (χ2v) is 5.41. The van der Waals surface area contributed by atoms with Gasteiger partial charge in [-0.2, -0.15) is 0 Å². The lowest BCUT2D eigenvalue weighted by atomic mass is 10.1. The molecule has 0 aliphatic carbocycles. The Hall–Kier alpha value is -0.470. The van der Waals surface area contributed by atoms with Crippen LogP contribution in [0.4, 0.5) is 0 Å². The van der Waals surface area contributed by atoms with Crippen LogP contribution in [-0.2, 0) is 6.54 Å². The van der Waals surface area contributed by atoms with Crippen LogP contribution in [0.3, 0.4) is 0 Å². The quantitative estimate of drug-likeness (QED) is 0.767. The predicted molar refractivity (Wildman–Crippen MR) is 69.5 cm³/mol. The van der Waals surface area contributed by atoms with E-state index in [0.29, 0.717) is 0 Å². The van der Waals surface area contributed by atoms with E-state index in [0.717, 1.165) is 12.5 Å². The third kappa shape index (κ3) is 4.27. The molecule has 0 aliphatic rings. The van der Waals surface area contributed by atoms with Gasteiger partial charge in [0.1, 0.15) is 0 Å². The van der Waals surface area contributed by atoms with Crippen molar-refractivity contribution in [3.05, 3.63) is 29.3 Å². The Balaban J connectivity index is 2.76. The van der Waals surface area contributed by atoms with Gasteiger partial charge in [0.25, 0.3) is 0 Å². The van der Waals surface area contributed by atoms with Crippen molar-refractivity contribution < 1.29 is 0 Å². The Labute approximate surface area is 97.7 Å². The van der Waals surface area contributed by atoms with Crippen LogP contribution in [0, 0.1) is 12.8 Å². The molecule has 0 saturated heterocycles. The van der Waals surface area contributed by atoms with Crippen molar-refractivity contribution in [1.29, 1.82) is 0 Å². The number of rotatable bonds is 5. The predicted octanol–water partition coefficient (Wildman–Crippen LogP) is 3.46. The summed E-state index contributed by atoms with van der Waals surface area (Å²) in [5.41, 5.74) is 2.76. The lowest BCUT2D eigenvalue weighted by molar-refractivity contribution is 0.749. The summed E-state index contributed by atoms with van der Waals surface area (Å²) in [6, 6.07) is 6.72. The summed E-state index contributed by atoms with van der Waals surface area (Å²) in [6.45, 7) is 7.63. The number of hydrogen-bond acceptors (Lipinski definition) is 2. The van der Waals surface area contributed by atoms with Gasteiger partial charge in [-0.05, 0) is 31.5 Å². The fourth-order valence-corrected chi connectivity index (χ4v) is 2.43. The largest absolute Gasteiger partial charge is 0.316 e. The van der Waals surface area contributed by atoms with Crippen molar-refractivity contribution in [2.45, 2.75) is 32.2 Å². The van der Waals surface area contributed by atoms with Crippen LogP contribution in [0.1, 0.15) is 25.0 Å². The summed E-state index contributed by atoms with van der Waals surface area (Å²) in [5.74, 6) is 1.94. The number of benzene rings is 1. The first-order valence-electron chi connectivity index (χ1n) is 5.50. The zero-order valence-electron chi connectivity index (χ0n) is 10.1. The first kappa shape index (κ1) is 12.6. The summed E-state index contributed by atoms with van der Waals surface area (Å²) < 4.78 is 0. The number of thioether (sulfide) groups is 1. The maximum Gasteiger partial charge on any atom is 0.0213 e. The maximum atomic E-state index is 3.23. The van der Waals surface area contributed by atoms with Crippen LogP contribution in [0.5, 0.6) is 0 Å². The van der Waals surface area contributed by atoms with Crippen molar-refractivity contribution in [3.63, 3.8) is 0 Å². The lowest BCUT2D eigenvalue weighted by Gasteiger charge is -2.11. The molecule has 84 valence electrons. The Bertz CT molecular complexity index is 307. The van der Waals surface area contributed by atoms with Gasteiger partial charge < -0.3 is 5.32 Å². The van der Waals surface area contributed by atoms with E-state index >= 15 is 0 Å². The highest BCUT2D eigenvalue weighted by atomic mass is 32.2. The van der Waals surface area contributed by atoms with Crippen molar-refractivity contribution in [2.75, 3.05) is 12.8 Å². The van der Waals surface area contributed by atoms with E-state index in [2.05, 4.69) is 44.3 Å². The van der Waals surface area contributed by atoms with Gasteiger partial charge in [0, 0.05) is 17.2 Å². The van der Waals surface area contributed by atoms with Crippen molar-refractivity contribution >= 4 is 11.8 Å². The minimum Gasteiger partial charge on any atom is -0.316 e. The van der Waals surface area contributed by atoms with Gasteiger partial charge in [0.15, 0.2) is 0 Å². The molecule has 0 spiro atoms. The zero-order valence-corrected chi connectivity index (χ0v) is 10.9. The number of hydrogen-bond donors (Lipinski definition) is 1. The molecule has 2 heteroatoms. The van der Waals surface area contributed by atoms with Gasteiger partial charge in [-0.15, -0.1) is 11.8 Å². The first-order chi connectivity index (χ1) is 7.13. The molecular weight excluding hydrogens is 202 g/mol. The minimum absolute atomic E-state index is 0.749. The van der Waals surface area contributed by atoms with E-state index in [1.165, 1.54) is 21.8 Å². The second-order valence-electron chi connectivity index (χ2n) is 4.35. The smallest absolute Gasteiger partial charge is 0.0213 e. The third-order valence-corrected chi connectivity index (χ3v) is 3.70. The molecule has 0 aliphatic heterocycles. The van der Waals surface area contributed by atoms with E-state index in [4.69, 9.17) is 0 Å². The van der Waals surface area contributed by atoms with Crippen LogP contribution in [0.15, 0.2) is 23.1 Å². The Morgan fingerprint density at radius 3 is 2.67 bits per heavy atom. The molecule has 0 bridgehead atoms. The third-order valence-electron chi connectivity index (χ3n) is 2.16. The SMILES string of the molecule is CNCc1cc(C)ccc1SCC(C)C. The normalized spacial score (nSPS) is 11.0. The molecule has 0 saturated carbocycles. The van der Waals surface area contributed by atoms with Gasteiger partial charge in [-0.3, -0.25) is 0 Å². The molecule has 0 radical (unpaired) electrons. The van der Waals surface area contributed by atoms with Crippen LogP contribution in [0.2, 0.25) is 0 Å². The molecule has 0 heterocycles. The van der Waals surface area contributed by atoms with Gasteiger partial charge in [-0.25, -0.2) is 0 Å². The van der Waals surface area contributed by atoms with Gasteiger partial charge >= 0.3 is 0 Å². The second kappa shape index (κ2) is 6.19. The Kier molecular flexibility index (Phi) is 5.20. The summed E-state index contributed by atoms with van der Waals surface area (Å²) in [5, 5.41) is 3.23. The molecule has 0 unspecified atom stereocenters. The molecule has 1 nitrogen and oxygen atoms in total. The molecule has 1 aromatic rings. The molecule has 15 heavy (non-hydrogen) atoms. The Morgan fingerprint density at radius 2 is 2.07 bits per heavy atom. The van der Waals surface area contributed by atoms with Gasteiger partial charge in [-0.1, -0.05) is 31.5 Å². The summed E-state index contributed by atoms with van der Waals surface area (Å²) in [4.78, 5) is 1.42. The van der Waals surface area contributed by atoms with Crippen LogP contribution in [-0.4, -0.2) is 12.8 Å². The number of nitrogens with one attached hydrogen (secondary N) is 1. The molecule has 0 aromatic heterocycles. The molecule has 1 aromatic carbocycles. The lowest BCUT2D eigenvalue weighted by Crippen LogP contribution is -2.06. The highest BCUT2D eigenvalue weighted by molar-refractivity contribution is 7.99. The topological polar surface area (TPSA) is 12.0 Å². The fraction of sp³-hybridized carbons (Fsp3) is 0.538. The van der Waals surface area contributed by atoms with E-state index in [9.17, 15) is 0 Å². The number of aryl methyl sites for hydroxylation is 1. The fourth-order valence-electron chi connectivity index (χ4n) is 1.43. The molecule has 1 rings (SSSR count). The highest BCUT2D eigenvalue weighted by Gasteiger charge is 2.04. The first-order valence-corrected chi connectivity index (χ1v) is 6.49. The molecular formula is C13H21NS. The Morgan fingerprint density at radius 1 is 1.33 bits per heavy atom. The van der Waals surface area contributed by atoms with Crippen LogP contribution >= 0.6 is 11.8 Å². The molecule has 0 amide bonds. The summed E-state index contributed by atoms with van der Waals surface area (Å²) in [6.07, 6.45) is 0. The van der Waals surface area contributed by atoms with Gasteiger partial charge in [0.2, 0.25) is 0 Å². The average molecular weight is 223 g/mol. The van der Waals surface area contributed by atoms with E-state index in [1.807, 2.05) is 18.8 Å². The molecule has 0 fully saturated rings. The average Bonchev–Trinajstić information content (AvgIpc) is 2.17. The minimum atomic E-state index is 0.749. The highest BCUT2D eigenvalue weighted by Crippen LogP contribution is 2.25. The van der Waals surface area contributed by atoms with Crippen molar-refractivity contribution in [2.24, 2.45) is 5.92 Å². The van der Waals surface area contributed by atoms with E-state index in [1.54, 1.807) is 0 Å². The molecule has 1 N–H and O–H groups in total. The monoisotopic (exact) mass is 223 g/mol. The zero-order chi connectivity index (χ0) is 11.3. The van der Waals surface area contributed by atoms with Crippen molar-refractivity contribution in [3.8, 4) is 0 Å². The van der Waals surface area contributed by atoms with Crippen LogP contribution < -0.4 is 5.32 Å². The van der Waals surface area contributed by atoms with E-state index < -0.39 is 0 Å². The van der Waals surface area contributed by atoms with Crippen LogP contribution in [0.25, 0.3) is 0 Å². The summed E-state index contributed by atoms with van der Waals surface area (Å²) >= 11 is 1.96.